The normalized spacial score (nSPS) is 43.7. The van der Waals surface area contributed by atoms with Crippen LogP contribution >= 0.6 is 0 Å². The Bertz CT molecular complexity index is 692. The Morgan fingerprint density at radius 2 is 2.17 bits per heavy atom. The number of likely N-dealkylation sites (tertiary alicyclic amines) is 1. The smallest absolute Gasteiger partial charge is 0.166 e. The molecule has 1 aromatic rings. The summed E-state index contributed by atoms with van der Waals surface area (Å²) in [6.45, 7) is 0.912. The number of ether oxygens (including phenoxy) is 2. The zero-order valence-corrected chi connectivity index (χ0v) is 13.6. The van der Waals surface area contributed by atoms with Gasteiger partial charge in [-0.1, -0.05) is 6.07 Å². The molecule has 5 nitrogen and oxygen atoms in total. The van der Waals surface area contributed by atoms with Crippen LogP contribution in [-0.2, 0) is 11.8 Å². The van der Waals surface area contributed by atoms with Crippen molar-refractivity contribution in [3.8, 4) is 11.5 Å². The summed E-state index contributed by atoms with van der Waals surface area (Å²) in [5, 5.41) is 22.4. The van der Waals surface area contributed by atoms with Crippen molar-refractivity contribution in [1.29, 1.82) is 0 Å². The first-order valence-electron chi connectivity index (χ1n) is 8.50. The van der Waals surface area contributed by atoms with Crippen LogP contribution in [-0.4, -0.2) is 59.7 Å². The SMILES string of the molecule is COc1ccc2c3c1OC1C(O)CC[C@]4(O)C(C2)N(C)CC[C@@]314. The summed E-state index contributed by atoms with van der Waals surface area (Å²) in [7, 11) is 3.74. The highest BCUT2D eigenvalue weighted by molar-refractivity contribution is 5.62. The van der Waals surface area contributed by atoms with E-state index in [0.29, 0.717) is 18.6 Å². The summed E-state index contributed by atoms with van der Waals surface area (Å²) in [5.74, 6) is 1.46. The highest BCUT2D eigenvalue weighted by Crippen LogP contribution is 2.65. The van der Waals surface area contributed by atoms with Gasteiger partial charge in [0.25, 0.3) is 0 Å². The topological polar surface area (TPSA) is 62.2 Å². The lowest BCUT2D eigenvalue weighted by atomic mass is 9.49. The van der Waals surface area contributed by atoms with Gasteiger partial charge in [-0.2, -0.15) is 0 Å². The summed E-state index contributed by atoms with van der Waals surface area (Å²) < 4.78 is 11.8. The van der Waals surface area contributed by atoms with Gasteiger partial charge in [0.05, 0.1) is 24.2 Å². The molecule has 0 radical (unpaired) electrons. The van der Waals surface area contributed by atoms with Crippen molar-refractivity contribution in [1.82, 2.24) is 4.90 Å². The zero-order chi connectivity index (χ0) is 16.0. The predicted molar refractivity (Wildman–Crippen MR) is 84.0 cm³/mol. The van der Waals surface area contributed by atoms with Crippen molar-refractivity contribution in [2.45, 2.75) is 54.9 Å². The second kappa shape index (κ2) is 4.21. The molecule has 2 heterocycles. The molecule has 3 unspecified atom stereocenters. The molecule has 0 aromatic heterocycles. The molecule has 5 heteroatoms. The molecular formula is C18H23NO4. The van der Waals surface area contributed by atoms with E-state index < -0.39 is 17.1 Å². The zero-order valence-electron chi connectivity index (χ0n) is 13.6. The summed E-state index contributed by atoms with van der Waals surface area (Å²) in [6, 6.07) is 4.15. The Kier molecular flexibility index (Phi) is 2.57. The lowest BCUT2D eigenvalue weighted by Crippen LogP contribution is -2.76. The fraction of sp³-hybridized carbons (Fsp3) is 0.667. The fourth-order valence-corrected chi connectivity index (χ4v) is 5.88. The Balaban J connectivity index is 1.84. The van der Waals surface area contributed by atoms with Crippen LogP contribution in [0.25, 0.3) is 0 Å². The summed E-state index contributed by atoms with van der Waals surface area (Å²) in [5.41, 5.74) is 0.999. The molecule has 5 atom stereocenters. The molecule has 2 aliphatic carbocycles. The molecule has 1 spiro atoms. The summed E-state index contributed by atoms with van der Waals surface area (Å²) in [6.07, 6.45) is 1.93. The molecule has 2 N–H and O–H groups in total. The minimum atomic E-state index is -0.839. The van der Waals surface area contributed by atoms with Crippen LogP contribution in [0.5, 0.6) is 11.5 Å². The van der Waals surface area contributed by atoms with E-state index in [2.05, 4.69) is 18.0 Å². The number of aliphatic hydroxyl groups excluding tert-OH is 1. The summed E-state index contributed by atoms with van der Waals surface area (Å²) >= 11 is 0. The van der Waals surface area contributed by atoms with Crippen LogP contribution in [0.1, 0.15) is 30.4 Å². The molecule has 1 aromatic carbocycles. The molecule has 2 bridgehead atoms. The predicted octanol–water partition coefficient (Wildman–Crippen LogP) is 0.840. The van der Waals surface area contributed by atoms with Gasteiger partial charge >= 0.3 is 0 Å². The molecule has 1 saturated carbocycles. The minimum absolute atomic E-state index is 0.0849. The van der Waals surface area contributed by atoms with Crippen molar-refractivity contribution >= 4 is 0 Å². The number of benzene rings is 1. The van der Waals surface area contributed by atoms with E-state index in [4.69, 9.17) is 9.47 Å². The lowest BCUT2D eigenvalue weighted by molar-refractivity contribution is -0.204. The van der Waals surface area contributed by atoms with Crippen molar-refractivity contribution in [3.63, 3.8) is 0 Å². The maximum absolute atomic E-state index is 11.8. The van der Waals surface area contributed by atoms with Crippen molar-refractivity contribution < 1.29 is 19.7 Å². The number of hydrogen-bond donors (Lipinski definition) is 2. The van der Waals surface area contributed by atoms with Crippen LogP contribution in [0.15, 0.2) is 12.1 Å². The highest BCUT2D eigenvalue weighted by atomic mass is 16.5. The van der Waals surface area contributed by atoms with E-state index >= 15 is 0 Å². The van der Waals surface area contributed by atoms with Crippen molar-refractivity contribution in [3.05, 3.63) is 23.3 Å². The largest absolute Gasteiger partial charge is 0.493 e. The Labute approximate surface area is 135 Å². The van der Waals surface area contributed by atoms with Gasteiger partial charge < -0.3 is 24.6 Å². The lowest BCUT2D eigenvalue weighted by Gasteiger charge is -2.63. The number of methoxy groups -OCH3 is 1. The first-order chi connectivity index (χ1) is 11.0. The second-order valence-corrected chi connectivity index (χ2v) is 7.62. The molecule has 2 aliphatic heterocycles. The van der Waals surface area contributed by atoms with E-state index in [9.17, 15) is 10.2 Å². The second-order valence-electron chi connectivity index (χ2n) is 7.62. The van der Waals surface area contributed by atoms with E-state index in [1.54, 1.807) is 7.11 Å². The first-order valence-corrected chi connectivity index (χ1v) is 8.50. The van der Waals surface area contributed by atoms with E-state index in [-0.39, 0.29) is 12.1 Å². The van der Waals surface area contributed by atoms with Gasteiger partial charge in [0, 0.05) is 11.6 Å². The minimum Gasteiger partial charge on any atom is -0.493 e. The van der Waals surface area contributed by atoms with Crippen LogP contribution < -0.4 is 9.47 Å². The molecule has 5 rings (SSSR count). The number of piperidine rings is 1. The van der Waals surface area contributed by atoms with Gasteiger partial charge in [-0.15, -0.1) is 0 Å². The van der Waals surface area contributed by atoms with Crippen LogP contribution in [0.4, 0.5) is 0 Å². The number of hydrogen-bond acceptors (Lipinski definition) is 5. The number of rotatable bonds is 1. The van der Waals surface area contributed by atoms with Crippen LogP contribution in [0.3, 0.4) is 0 Å². The first kappa shape index (κ1) is 14.1. The van der Waals surface area contributed by atoms with Crippen LogP contribution in [0.2, 0.25) is 0 Å². The van der Waals surface area contributed by atoms with Crippen molar-refractivity contribution in [2.75, 3.05) is 20.7 Å². The number of likely N-dealkylation sites (N-methyl/N-ethyl adjacent to an activating group) is 1. The molecule has 1 saturated heterocycles. The van der Waals surface area contributed by atoms with Gasteiger partial charge in [-0.05, 0) is 50.9 Å². The Morgan fingerprint density at radius 1 is 1.35 bits per heavy atom. The molecular weight excluding hydrogens is 294 g/mol. The summed E-state index contributed by atoms with van der Waals surface area (Å²) in [4.78, 5) is 2.28. The molecule has 23 heavy (non-hydrogen) atoms. The molecule has 0 amide bonds. The molecule has 2 fully saturated rings. The van der Waals surface area contributed by atoms with Gasteiger partial charge in [0.1, 0.15) is 6.10 Å². The molecule has 124 valence electrons. The monoisotopic (exact) mass is 317 g/mol. The van der Waals surface area contributed by atoms with Gasteiger partial charge in [-0.25, -0.2) is 0 Å². The quantitative estimate of drug-likeness (QED) is 0.804. The van der Waals surface area contributed by atoms with E-state index in [0.717, 1.165) is 30.7 Å². The average Bonchev–Trinajstić information content (AvgIpc) is 2.90. The van der Waals surface area contributed by atoms with Gasteiger partial charge in [0.2, 0.25) is 0 Å². The van der Waals surface area contributed by atoms with Gasteiger partial charge in [-0.3, -0.25) is 0 Å². The highest BCUT2D eigenvalue weighted by Gasteiger charge is 2.72. The maximum Gasteiger partial charge on any atom is 0.166 e. The average molecular weight is 317 g/mol. The number of nitrogens with zero attached hydrogens (tertiary/aromatic N) is 1. The third kappa shape index (κ3) is 1.37. The van der Waals surface area contributed by atoms with Crippen LogP contribution in [0, 0.1) is 0 Å². The third-order valence-corrected chi connectivity index (χ3v) is 6.90. The van der Waals surface area contributed by atoms with E-state index in [1.165, 1.54) is 5.56 Å². The maximum atomic E-state index is 11.8. The standard InChI is InChI=1S/C18H23NO4/c1-19-8-7-17-14-10-3-4-12(22-2)15(14)23-16(17)11(20)5-6-18(17,21)13(19)9-10/h3-4,11,13,16,20-21H,5-9H2,1-2H3/t11?,13?,16?,17-,18+/m1/s1. The third-order valence-electron chi connectivity index (χ3n) is 6.90. The number of aliphatic hydroxyl groups is 2. The van der Waals surface area contributed by atoms with Gasteiger partial charge in [0.15, 0.2) is 11.5 Å². The Morgan fingerprint density at radius 3 is 2.96 bits per heavy atom. The fourth-order valence-electron chi connectivity index (χ4n) is 5.88. The van der Waals surface area contributed by atoms with Crippen molar-refractivity contribution in [2.24, 2.45) is 0 Å². The van der Waals surface area contributed by atoms with E-state index in [1.807, 2.05) is 6.07 Å². The Hall–Kier alpha value is -1.30. The molecule has 4 aliphatic rings.